The minimum absolute atomic E-state index is 0.0823. The minimum atomic E-state index is 0.0823. The highest BCUT2D eigenvalue weighted by Gasteiger charge is 2.49. The third-order valence-corrected chi connectivity index (χ3v) is 4.50. The quantitative estimate of drug-likeness (QED) is 0.605. The lowest BCUT2D eigenvalue weighted by Crippen LogP contribution is -2.36. The zero-order valence-corrected chi connectivity index (χ0v) is 8.81. The molecule has 3 atom stereocenters. The largest absolute Gasteiger partial charge is 0.299 e. The Balaban J connectivity index is 2.22. The summed E-state index contributed by atoms with van der Waals surface area (Å²) in [7, 11) is 0. The first-order chi connectivity index (χ1) is 6.18. The van der Waals surface area contributed by atoms with Gasteiger partial charge in [-0.3, -0.25) is 4.79 Å². The van der Waals surface area contributed by atoms with E-state index in [1.54, 1.807) is 0 Å². The highest BCUT2D eigenvalue weighted by Crippen LogP contribution is 2.52. The third kappa shape index (κ3) is 1.24. The van der Waals surface area contributed by atoms with Crippen LogP contribution in [0.15, 0.2) is 0 Å². The molecule has 0 aromatic carbocycles. The van der Waals surface area contributed by atoms with Crippen molar-refractivity contribution in [2.24, 2.45) is 17.3 Å². The van der Waals surface area contributed by atoms with Crippen LogP contribution in [0.4, 0.5) is 0 Å². The molecular weight excluding hydrogens is 160 g/mol. The van der Waals surface area contributed by atoms with Crippen LogP contribution in [-0.2, 0) is 4.79 Å². The smallest absolute Gasteiger partial charge is 0.139 e. The Morgan fingerprint density at radius 1 is 1.46 bits per heavy atom. The van der Waals surface area contributed by atoms with E-state index in [0.29, 0.717) is 5.78 Å². The van der Waals surface area contributed by atoms with Gasteiger partial charge in [-0.1, -0.05) is 33.1 Å². The summed E-state index contributed by atoms with van der Waals surface area (Å²) in [5, 5.41) is 0. The molecule has 0 aromatic heterocycles. The first-order valence-corrected chi connectivity index (χ1v) is 5.72. The predicted octanol–water partition coefficient (Wildman–Crippen LogP) is 3.18. The van der Waals surface area contributed by atoms with Crippen molar-refractivity contribution in [1.29, 1.82) is 0 Å². The van der Waals surface area contributed by atoms with E-state index < -0.39 is 0 Å². The molecule has 2 saturated carbocycles. The molecular formula is C12H20O. The van der Waals surface area contributed by atoms with E-state index in [4.69, 9.17) is 0 Å². The molecule has 0 radical (unpaired) electrons. The Morgan fingerprint density at radius 3 is 2.92 bits per heavy atom. The fraction of sp³-hybridized carbons (Fsp3) is 0.917. The number of Topliss-reactive ketones (excluding diaryl/α,β-unsaturated/α-hetero) is 1. The first kappa shape index (κ1) is 9.23. The molecule has 1 heteroatoms. The summed E-state index contributed by atoms with van der Waals surface area (Å²) in [4.78, 5) is 11.8. The number of hydrogen-bond donors (Lipinski definition) is 0. The van der Waals surface area contributed by atoms with Gasteiger partial charge in [0.1, 0.15) is 5.78 Å². The van der Waals surface area contributed by atoms with Crippen molar-refractivity contribution >= 4 is 5.78 Å². The highest BCUT2D eigenvalue weighted by molar-refractivity contribution is 5.87. The molecule has 0 amide bonds. The summed E-state index contributed by atoms with van der Waals surface area (Å²) in [6.45, 7) is 4.49. The second-order valence-electron chi connectivity index (χ2n) is 5.05. The fourth-order valence-corrected chi connectivity index (χ4v) is 3.60. The van der Waals surface area contributed by atoms with Gasteiger partial charge in [0, 0.05) is 11.8 Å². The average molecular weight is 180 g/mol. The molecule has 2 aliphatic carbocycles. The van der Waals surface area contributed by atoms with Crippen molar-refractivity contribution < 1.29 is 4.79 Å². The van der Waals surface area contributed by atoms with Gasteiger partial charge in [0.15, 0.2) is 0 Å². The number of carbonyl (C=O) groups is 1. The summed E-state index contributed by atoms with van der Waals surface area (Å²) in [6, 6.07) is 0. The van der Waals surface area contributed by atoms with Crippen molar-refractivity contribution in [2.45, 2.75) is 52.4 Å². The summed E-state index contributed by atoms with van der Waals surface area (Å²) in [6.07, 6.45) is 7.10. The summed E-state index contributed by atoms with van der Waals surface area (Å²) < 4.78 is 0. The summed E-state index contributed by atoms with van der Waals surface area (Å²) in [5.74, 6) is 2.11. The molecule has 13 heavy (non-hydrogen) atoms. The monoisotopic (exact) mass is 180 g/mol. The molecule has 1 nitrogen and oxygen atoms in total. The van der Waals surface area contributed by atoms with Gasteiger partial charge in [-0.05, 0) is 24.7 Å². The van der Waals surface area contributed by atoms with Gasteiger partial charge in [0.05, 0.1) is 0 Å². The van der Waals surface area contributed by atoms with Crippen LogP contribution in [0, 0.1) is 17.3 Å². The average Bonchev–Trinajstić information content (AvgIpc) is 2.43. The van der Waals surface area contributed by atoms with Gasteiger partial charge in [0.25, 0.3) is 0 Å². The van der Waals surface area contributed by atoms with Gasteiger partial charge in [0.2, 0.25) is 0 Å². The molecule has 74 valence electrons. The molecule has 0 bridgehead atoms. The first-order valence-electron chi connectivity index (χ1n) is 5.72. The molecule has 0 N–H and O–H groups in total. The van der Waals surface area contributed by atoms with Crippen molar-refractivity contribution in [3.05, 3.63) is 0 Å². The number of ketones is 1. The van der Waals surface area contributed by atoms with Gasteiger partial charge in [-0.25, -0.2) is 0 Å². The zero-order chi connectivity index (χ0) is 9.47. The van der Waals surface area contributed by atoms with E-state index in [1.165, 1.54) is 25.7 Å². The molecule has 2 aliphatic rings. The van der Waals surface area contributed by atoms with Crippen LogP contribution < -0.4 is 0 Å². The van der Waals surface area contributed by atoms with Crippen LogP contribution in [0.1, 0.15) is 52.4 Å². The Morgan fingerprint density at radius 2 is 2.23 bits per heavy atom. The lowest BCUT2D eigenvalue weighted by Gasteiger charge is -2.40. The van der Waals surface area contributed by atoms with Gasteiger partial charge < -0.3 is 0 Å². The van der Waals surface area contributed by atoms with Gasteiger partial charge >= 0.3 is 0 Å². The third-order valence-electron chi connectivity index (χ3n) is 4.50. The summed E-state index contributed by atoms with van der Waals surface area (Å²) in [5.41, 5.74) is 0.0823. The van der Waals surface area contributed by atoms with Crippen LogP contribution in [-0.4, -0.2) is 5.78 Å². The Hall–Kier alpha value is -0.330. The lowest BCUT2D eigenvalue weighted by molar-refractivity contribution is -0.128. The Kier molecular flexibility index (Phi) is 2.21. The number of fused-ring (bicyclic) bond motifs is 1. The van der Waals surface area contributed by atoms with E-state index in [2.05, 4.69) is 13.8 Å². The fourth-order valence-electron chi connectivity index (χ4n) is 3.60. The molecule has 0 aliphatic heterocycles. The van der Waals surface area contributed by atoms with E-state index in [-0.39, 0.29) is 5.41 Å². The van der Waals surface area contributed by atoms with Crippen molar-refractivity contribution in [2.75, 3.05) is 0 Å². The standard InChI is InChI=1S/C12H20O/c1-3-9-5-4-8-12(2)10(9)6-7-11(12)13/h9-10H,3-8H2,1-2H3/t9?,10?,12-/m0/s1. The molecule has 2 unspecified atom stereocenters. The molecule has 0 aromatic rings. The van der Waals surface area contributed by atoms with E-state index in [9.17, 15) is 4.79 Å². The van der Waals surface area contributed by atoms with Gasteiger partial charge in [-0.2, -0.15) is 0 Å². The van der Waals surface area contributed by atoms with E-state index in [0.717, 1.165) is 24.7 Å². The van der Waals surface area contributed by atoms with Crippen LogP contribution >= 0.6 is 0 Å². The molecule has 0 heterocycles. The molecule has 2 fully saturated rings. The Bertz CT molecular complexity index is 221. The SMILES string of the molecule is CCC1CCC[C@]2(C)C(=O)CCC12. The van der Waals surface area contributed by atoms with Crippen LogP contribution in [0.25, 0.3) is 0 Å². The van der Waals surface area contributed by atoms with E-state index in [1.807, 2.05) is 0 Å². The van der Waals surface area contributed by atoms with Crippen molar-refractivity contribution in [3.8, 4) is 0 Å². The zero-order valence-electron chi connectivity index (χ0n) is 8.81. The minimum Gasteiger partial charge on any atom is -0.299 e. The van der Waals surface area contributed by atoms with Crippen molar-refractivity contribution in [3.63, 3.8) is 0 Å². The Labute approximate surface area is 80.9 Å². The maximum atomic E-state index is 11.8. The number of carbonyl (C=O) groups excluding carboxylic acids is 1. The van der Waals surface area contributed by atoms with Crippen LogP contribution in [0.2, 0.25) is 0 Å². The molecule has 0 spiro atoms. The highest BCUT2D eigenvalue weighted by atomic mass is 16.1. The van der Waals surface area contributed by atoms with Crippen LogP contribution in [0.3, 0.4) is 0 Å². The maximum absolute atomic E-state index is 11.8. The molecule has 0 saturated heterocycles. The number of hydrogen-bond acceptors (Lipinski definition) is 1. The summed E-state index contributed by atoms with van der Waals surface area (Å²) >= 11 is 0. The second-order valence-corrected chi connectivity index (χ2v) is 5.05. The maximum Gasteiger partial charge on any atom is 0.139 e. The van der Waals surface area contributed by atoms with E-state index >= 15 is 0 Å². The van der Waals surface area contributed by atoms with Crippen molar-refractivity contribution in [1.82, 2.24) is 0 Å². The lowest BCUT2D eigenvalue weighted by atomic mass is 9.63. The van der Waals surface area contributed by atoms with Gasteiger partial charge in [-0.15, -0.1) is 0 Å². The predicted molar refractivity (Wildman–Crippen MR) is 53.5 cm³/mol. The number of rotatable bonds is 1. The molecule has 2 rings (SSSR count). The second kappa shape index (κ2) is 3.11. The van der Waals surface area contributed by atoms with Crippen LogP contribution in [0.5, 0.6) is 0 Å². The topological polar surface area (TPSA) is 17.1 Å². The normalized spacial score (nSPS) is 44.9.